The van der Waals surface area contributed by atoms with Crippen LogP contribution in [0.4, 0.5) is 10.1 Å². The molecule has 0 unspecified atom stereocenters. The van der Waals surface area contributed by atoms with E-state index in [1.807, 2.05) is 6.07 Å². The van der Waals surface area contributed by atoms with Gasteiger partial charge in [0.1, 0.15) is 17.3 Å². The molecule has 26 heavy (non-hydrogen) atoms. The smallest absolute Gasteiger partial charge is 0.259 e. The normalized spacial score (nSPS) is 10.4. The molecule has 3 rings (SSSR count). The zero-order valence-electron chi connectivity index (χ0n) is 13.4. The fraction of sp³-hybridized carbons (Fsp3) is 0. The maximum Gasteiger partial charge on any atom is 0.259 e. The first-order valence-electron chi connectivity index (χ1n) is 7.56. The topological polar surface area (TPSA) is 64.3 Å². The number of nitrogens with two attached hydrogens (primary N) is 1. The number of carbonyl (C=O) groups is 1. The molecule has 0 spiro atoms. The number of amides is 1. The highest BCUT2D eigenvalue weighted by Crippen LogP contribution is 2.29. The van der Waals surface area contributed by atoms with Crippen molar-refractivity contribution >= 4 is 35.1 Å². The Labute approximate surface area is 159 Å². The Bertz CT molecular complexity index is 935. The van der Waals surface area contributed by atoms with E-state index in [1.165, 1.54) is 30.3 Å². The van der Waals surface area contributed by atoms with Gasteiger partial charge in [0.2, 0.25) is 0 Å². The minimum Gasteiger partial charge on any atom is -0.457 e. The molecule has 0 saturated heterocycles. The standard InChI is InChI=1S/C19H14ClFN2O2S/c20-12-4-9-18(25-15-7-5-13(21)6-8-15)17(10-12)19(24)23-14-2-1-3-16(11-14)26-22/h1-11H,22H2,(H,23,24). The Kier molecular flexibility index (Phi) is 5.78. The Balaban J connectivity index is 1.86. The van der Waals surface area contributed by atoms with Crippen LogP contribution in [0.25, 0.3) is 0 Å². The number of benzene rings is 3. The number of halogens is 2. The lowest BCUT2D eigenvalue weighted by molar-refractivity contribution is 0.102. The average molecular weight is 389 g/mol. The van der Waals surface area contributed by atoms with Crippen LogP contribution in [-0.2, 0) is 0 Å². The van der Waals surface area contributed by atoms with E-state index in [9.17, 15) is 9.18 Å². The second-order valence-corrected chi connectivity index (χ2v) is 6.44. The van der Waals surface area contributed by atoms with E-state index in [4.69, 9.17) is 21.5 Å². The Hall–Kier alpha value is -2.54. The van der Waals surface area contributed by atoms with Crippen LogP contribution in [-0.4, -0.2) is 5.91 Å². The van der Waals surface area contributed by atoms with Crippen LogP contribution >= 0.6 is 23.5 Å². The van der Waals surface area contributed by atoms with Crippen molar-refractivity contribution in [2.45, 2.75) is 4.90 Å². The van der Waals surface area contributed by atoms with Crippen molar-refractivity contribution < 1.29 is 13.9 Å². The lowest BCUT2D eigenvalue weighted by Gasteiger charge is -2.12. The molecular weight excluding hydrogens is 375 g/mol. The second kappa shape index (κ2) is 8.23. The van der Waals surface area contributed by atoms with Crippen molar-refractivity contribution in [2.75, 3.05) is 5.32 Å². The predicted octanol–water partition coefficient (Wildman–Crippen LogP) is 5.49. The molecule has 0 fully saturated rings. The molecule has 0 aliphatic heterocycles. The van der Waals surface area contributed by atoms with Crippen molar-refractivity contribution in [1.29, 1.82) is 0 Å². The summed E-state index contributed by atoms with van der Waals surface area (Å²) in [5.41, 5.74) is 0.853. The number of ether oxygens (including phenoxy) is 1. The predicted molar refractivity (Wildman–Crippen MR) is 102 cm³/mol. The maximum atomic E-state index is 13.0. The van der Waals surface area contributed by atoms with Crippen LogP contribution in [0.1, 0.15) is 10.4 Å². The molecule has 0 aliphatic rings. The van der Waals surface area contributed by atoms with E-state index in [0.717, 1.165) is 16.8 Å². The Morgan fingerprint density at radius 3 is 2.58 bits per heavy atom. The van der Waals surface area contributed by atoms with Crippen molar-refractivity contribution in [2.24, 2.45) is 5.14 Å². The zero-order chi connectivity index (χ0) is 18.5. The molecule has 0 saturated carbocycles. The van der Waals surface area contributed by atoms with Crippen molar-refractivity contribution in [3.63, 3.8) is 0 Å². The summed E-state index contributed by atoms with van der Waals surface area (Å²) >= 11 is 7.12. The molecule has 0 aliphatic carbocycles. The van der Waals surface area contributed by atoms with Gasteiger partial charge in [0.15, 0.2) is 0 Å². The fourth-order valence-electron chi connectivity index (χ4n) is 2.24. The molecule has 1 amide bonds. The third-order valence-electron chi connectivity index (χ3n) is 3.46. The van der Waals surface area contributed by atoms with Crippen molar-refractivity contribution in [1.82, 2.24) is 0 Å². The number of carbonyl (C=O) groups excluding carboxylic acids is 1. The number of rotatable bonds is 5. The minimum atomic E-state index is -0.385. The van der Waals surface area contributed by atoms with Gasteiger partial charge in [-0.2, -0.15) is 0 Å². The van der Waals surface area contributed by atoms with Gasteiger partial charge in [-0.15, -0.1) is 0 Å². The molecule has 4 nitrogen and oxygen atoms in total. The maximum absolute atomic E-state index is 13.0. The summed E-state index contributed by atoms with van der Waals surface area (Å²) in [5.74, 6) is -0.0416. The highest BCUT2D eigenvalue weighted by Gasteiger charge is 2.15. The highest BCUT2D eigenvalue weighted by molar-refractivity contribution is 7.97. The molecule has 0 bridgehead atoms. The third kappa shape index (κ3) is 4.54. The molecule has 3 aromatic carbocycles. The molecule has 0 radical (unpaired) electrons. The van der Waals surface area contributed by atoms with E-state index >= 15 is 0 Å². The van der Waals surface area contributed by atoms with Crippen LogP contribution in [0.15, 0.2) is 71.6 Å². The van der Waals surface area contributed by atoms with Gasteiger partial charge >= 0.3 is 0 Å². The molecule has 0 atom stereocenters. The zero-order valence-corrected chi connectivity index (χ0v) is 15.0. The van der Waals surface area contributed by atoms with Gasteiger partial charge in [0.25, 0.3) is 5.91 Å². The fourth-order valence-corrected chi connectivity index (χ4v) is 2.77. The highest BCUT2D eigenvalue weighted by atomic mass is 35.5. The van der Waals surface area contributed by atoms with Crippen LogP contribution in [0.5, 0.6) is 11.5 Å². The number of nitrogens with one attached hydrogen (secondary N) is 1. The summed E-state index contributed by atoms with van der Waals surface area (Å²) in [5, 5.41) is 8.73. The summed E-state index contributed by atoms with van der Waals surface area (Å²) in [6.07, 6.45) is 0. The first-order chi connectivity index (χ1) is 12.5. The molecule has 0 aromatic heterocycles. The van der Waals surface area contributed by atoms with E-state index in [0.29, 0.717) is 22.2 Å². The molecule has 0 heterocycles. The summed E-state index contributed by atoms with van der Waals surface area (Å²) in [7, 11) is 0. The second-order valence-electron chi connectivity index (χ2n) is 5.30. The third-order valence-corrected chi connectivity index (χ3v) is 4.22. The van der Waals surface area contributed by atoms with Crippen molar-refractivity contribution in [3.8, 4) is 11.5 Å². The van der Waals surface area contributed by atoms with E-state index in [2.05, 4.69) is 5.32 Å². The van der Waals surface area contributed by atoms with Gasteiger partial charge in [-0.25, -0.2) is 4.39 Å². The SMILES string of the molecule is NSc1cccc(NC(=O)c2cc(Cl)ccc2Oc2ccc(F)cc2)c1. The summed E-state index contributed by atoms with van der Waals surface area (Å²) in [6, 6.07) is 17.4. The molecule has 7 heteroatoms. The lowest BCUT2D eigenvalue weighted by atomic mass is 10.1. The molecule has 3 N–H and O–H groups in total. The van der Waals surface area contributed by atoms with Crippen LogP contribution in [0, 0.1) is 5.82 Å². The van der Waals surface area contributed by atoms with Gasteiger partial charge in [-0.3, -0.25) is 9.93 Å². The lowest BCUT2D eigenvalue weighted by Crippen LogP contribution is -2.13. The van der Waals surface area contributed by atoms with Crippen molar-refractivity contribution in [3.05, 3.63) is 83.1 Å². The Morgan fingerprint density at radius 2 is 1.85 bits per heavy atom. The largest absolute Gasteiger partial charge is 0.457 e. The molecule has 3 aromatic rings. The summed E-state index contributed by atoms with van der Waals surface area (Å²) < 4.78 is 18.8. The van der Waals surface area contributed by atoms with Gasteiger partial charge < -0.3 is 10.1 Å². The summed E-state index contributed by atoms with van der Waals surface area (Å²) in [4.78, 5) is 13.5. The average Bonchev–Trinajstić information content (AvgIpc) is 2.65. The molecular formula is C19H14ClFN2O2S. The summed E-state index contributed by atoms with van der Waals surface area (Å²) in [6.45, 7) is 0. The van der Waals surface area contributed by atoms with Gasteiger partial charge in [-0.1, -0.05) is 17.7 Å². The number of hydrogen-bond acceptors (Lipinski definition) is 4. The first-order valence-corrected chi connectivity index (χ1v) is 8.82. The van der Waals surface area contributed by atoms with E-state index in [-0.39, 0.29) is 17.3 Å². The quantitative estimate of drug-likeness (QED) is 0.567. The van der Waals surface area contributed by atoms with Crippen LogP contribution < -0.4 is 15.2 Å². The minimum absolute atomic E-state index is 0.257. The molecule has 132 valence electrons. The van der Waals surface area contributed by atoms with Gasteiger partial charge in [0.05, 0.1) is 5.56 Å². The van der Waals surface area contributed by atoms with Crippen LogP contribution in [0.3, 0.4) is 0 Å². The van der Waals surface area contributed by atoms with Gasteiger partial charge in [-0.05, 0) is 72.6 Å². The van der Waals surface area contributed by atoms with Crippen LogP contribution in [0.2, 0.25) is 5.02 Å². The first kappa shape index (κ1) is 18.3. The van der Waals surface area contributed by atoms with E-state index in [1.54, 1.807) is 30.3 Å². The number of anilines is 1. The monoisotopic (exact) mass is 388 g/mol. The Morgan fingerprint density at radius 1 is 1.08 bits per heavy atom. The van der Waals surface area contributed by atoms with Gasteiger partial charge in [0, 0.05) is 15.6 Å². The number of hydrogen-bond donors (Lipinski definition) is 2. The van der Waals surface area contributed by atoms with E-state index < -0.39 is 0 Å².